The fourth-order valence-corrected chi connectivity index (χ4v) is 1.91. The van der Waals surface area contributed by atoms with Crippen molar-refractivity contribution in [2.75, 3.05) is 5.75 Å². The minimum atomic E-state index is 0.216. The summed E-state index contributed by atoms with van der Waals surface area (Å²) in [6.07, 6.45) is 0.876. The van der Waals surface area contributed by atoms with E-state index in [-0.39, 0.29) is 6.04 Å². The van der Waals surface area contributed by atoms with E-state index in [1.165, 1.54) is 0 Å². The standard InChI is InChI=1S/C10H19N3OS/c1-7(2)4-9-12-10(14-13-9)6-15-5-8(3)11/h7-8H,4-6,11H2,1-3H3. The third kappa shape index (κ3) is 5.18. The molecule has 1 aromatic rings. The number of nitrogens with zero attached hydrogens (tertiary/aromatic N) is 2. The van der Waals surface area contributed by atoms with E-state index in [0.29, 0.717) is 11.8 Å². The molecule has 2 N–H and O–H groups in total. The van der Waals surface area contributed by atoms with Gasteiger partial charge in [0.25, 0.3) is 0 Å². The molecule has 0 fully saturated rings. The average molecular weight is 229 g/mol. The van der Waals surface area contributed by atoms with E-state index in [1.54, 1.807) is 11.8 Å². The van der Waals surface area contributed by atoms with E-state index in [4.69, 9.17) is 10.3 Å². The maximum Gasteiger partial charge on any atom is 0.236 e. The first-order chi connectivity index (χ1) is 7.08. The molecule has 0 saturated carbocycles. The lowest BCUT2D eigenvalue weighted by Crippen LogP contribution is -2.17. The van der Waals surface area contributed by atoms with E-state index in [2.05, 4.69) is 24.0 Å². The molecule has 1 heterocycles. The lowest BCUT2D eigenvalue weighted by atomic mass is 10.1. The van der Waals surface area contributed by atoms with Crippen molar-refractivity contribution in [3.05, 3.63) is 11.7 Å². The van der Waals surface area contributed by atoms with Gasteiger partial charge >= 0.3 is 0 Å². The molecule has 86 valence electrons. The Kier molecular flexibility index (Phi) is 5.11. The predicted octanol–water partition coefficient (Wildman–Crippen LogP) is 1.85. The lowest BCUT2D eigenvalue weighted by molar-refractivity contribution is 0.382. The molecule has 1 rings (SSSR count). The van der Waals surface area contributed by atoms with E-state index >= 15 is 0 Å². The summed E-state index contributed by atoms with van der Waals surface area (Å²) in [6, 6.07) is 0.216. The summed E-state index contributed by atoms with van der Waals surface area (Å²) < 4.78 is 5.12. The van der Waals surface area contributed by atoms with E-state index in [0.717, 1.165) is 23.8 Å². The molecule has 1 unspecified atom stereocenters. The van der Waals surface area contributed by atoms with Crippen LogP contribution in [0.4, 0.5) is 0 Å². The van der Waals surface area contributed by atoms with Gasteiger partial charge in [-0.1, -0.05) is 19.0 Å². The SMILES string of the molecule is CC(C)Cc1noc(CSCC(C)N)n1. The van der Waals surface area contributed by atoms with Crippen molar-refractivity contribution in [3.63, 3.8) is 0 Å². The van der Waals surface area contributed by atoms with Crippen molar-refractivity contribution in [2.45, 2.75) is 39.0 Å². The third-order valence-corrected chi connectivity index (χ3v) is 2.92. The van der Waals surface area contributed by atoms with Gasteiger partial charge in [0.15, 0.2) is 5.82 Å². The fraction of sp³-hybridized carbons (Fsp3) is 0.800. The highest BCUT2D eigenvalue weighted by Crippen LogP contribution is 2.12. The molecule has 15 heavy (non-hydrogen) atoms. The Morgan fingerprint density at radius 3 is 2.73 bits per heavy atom. The molecular weight excluding hydrogens is 210 g/mol. The van der Waals surface area contributed by atoms with Crippen LogP contribution in [0.1, 0.15) is 32.5 Å². The number of rotatable bonds is 6. The number of aromatic nitrogens is 2. The summed E-state index contributed by atoms with van der Waals surface area (Å²) in [6.45, 7) is 6.27. The first-order valence-corrected chi connectivity index (χ1v) is 6.38. The quantitative estimate of drug-likeness (QED) is 0.806. The smallest absolute Gasteiger partial charge is 0.236 e. The van der Waals surface area contributed by atoms with Crippen LogP contribution in [0.25, 0.3) is 0 Å². The Balaban J connectivity index is 2.33. The van der Waals surface area contributed by atoms with Gasteiger partial charge in [-0.25, -0.2) is 0 Å². The zero-order valence-electron chi connectivity index (χ0n) is 9.56. The second-order valence-corrected chi connectivity index (χ2v) is 5.22. The Morgan fingerprint density at radius 1 is 1.40 bits per heavy atom. The van der Waals surface area contributed by atoms with Crippen molar-refractivity contribution in [2.24, 2.45) is 11.7 Å². The molecule has 0 radical (unpaired) electrons. The topological polar surface area (TPSA) is 64.9 Å². The minimum Gasteiger partial charge on any atom is -0.338 e. The van der Waals surface area contributed by atoms with Crippen molar-refractivity contribution < 1.29 is 4.52 Å². The summed E-state index contributed by atoms with van der Waals surface area (Å²) in [7, 11) is 0. The zero-order valence-corrected chi connectivity index (χ0v) is 10.4. The fourth-order valence-electron chi connectivity index (χ4n) is 1.13. The molecule has 1 aromatic heterocycles. The van der Waals surface area contributed by atoms with Crippen LogP contribution in [0.5, 0.6) is 0 Å². The predicted molar refractivity (Wildman–Crippen MR) is 62.7 cm³/mol. The molecule has 0 amide bonds. The highest BCUT2D eigenvalue weighted by molar-refractivity contribution is 7.98. The largest absolute Gasteiger partial charge is 0.338 e. The van der Waals surface area contributed by atoms with Gasteiger partial charge < -0.3 is 10.3 Å². The van der Waals surface area contributed by atoms with Crippen molar-refractivity contribution in [1.29, 1.82) is 0 Å². The molecule has 0 aromatic carbocycles. The highest BCUT2D eigenvalue weighted by Gasteiger charge is 2.08. The molecule has 0 aliphatic carbocycles. The number of thioether (sulfide) groups is 1. The van der Waals surface area contributed by atoms with Crippen LogP contribution in [0, 0.1) is 5.92 Å². The monoisotopic (exact) mass is 229 g/mol. The van der Waals surface area contributed by atoms with Gasteiger partial charge in [0.2, 0.25) is 5.89 Å². The summed E-state index contributed by atoms with van der Waals surface area (Å²) in [4.78, 5) is 4.31. The molecule has 0 saturated heterocycles. The van der Waals surface area contributed by atoms with Crippen LogP contribution in [0.15, 0.2) is 4.52 Å². The summed E-state index contributed by atoms with van der Waals surface area (Å²) in [5, 5.41) is 3.92. The average Bonchev–Trinajstić information content (AvgIpc) is 2.50. The summed E-state index contributed by atoms with van der Waals surface area (Å²) >= 11 is 1.73. The zero-order chi connectivity index (χ0) is 11.3. The van der Waals surface area contributed by atoms with E-state index in [9.17, 15) is 0 Å². The second kappa shape index (κ2) is 6.12. The summed E-state index contributed by atoms with van der Waals surface area (Å²) in [5.41, 5.74) is 5.64. The maximum absolute atomic E-state index is 5.64. The summed E-state index contributed by atoms with van der Waals surface area (Å²) in [5.74, 6) is 3.75. The molecular formula is C10H19N3OS. The van der Waals surface area contributed by atoms with Crippen LogP contribution in [-0.2, 0) is 12.2 Å². The van der Waals surface area contributed by atoms with Gasteiger partial charge in [-0.2, -0.15) is 16.7 Å². The van der Waals surface area contributed by atoms with Crippen LogP contribution in [0.2, 0.25) is 0 Å². The van der Waals surface area contributed by atoms with Crippen LogP contribution < -0.4 is 5.73 Å². The van der Waals surface area contributed by atoms with Crippen LogP contribution in [0.3, 0.4) is 0 Å². The van der Waals surface area contributed by atoms with Crippen LogP contribution >= 0.6 is 11.8 Å². The molecule has 4 nitrogen and oxygen atoms in total. The van der Waals surface area contributed by atoms with Gasteiger partial charge in [0.1, 0.15) is 0 Å². The first-order valence-electron chi connectivity index (χ1n) is 5.22. The van der Waals surface area contributed by atoms with Gasteiger partial charge in [-0.15, -0.1) is 0 Å². The normalized spacial score (nSPS) is 13.4. The number of hydrogen-bond acceptors (Lipinski definition) is 5. The Hall–Kier alpha value is -0.550. The Bertz CT molecular complexity index is 286. The van der Waals surface area contributed by atoms with Crippen molar-refractivity contribution in [3.8, 4) is 0 Å². The molecule has 0 aliphatic rings. The van der Waals surface area contributed by atoms with Crippen LogP contribution in [-0.4, -0.2) is 21.9 Å². The second-order valence-electron chi connectivity index (χ2n) is 4.19. The van der Waals surface area contributed by atoms with Gasteiger partial charge in [-0.05, 0) is 12.8 Å². The minimum absolute atomic E-state index is 0.216. The molecule has 0 spiro atoms. The number of nitrogens with two attached hydrogens (primary N) is 1. The van der Waals surface area contributed by atoms with Gasteiger partial charge in [0.05, 0.1) is 5.75 Å². The lowest BCUT2D eigenvalue weighted by Gasteiger charge is -2.01. The number of hydrogen-bond donors (Lipinski definition) is 1. The molecule has 0 aliphatic heterocycles. The molecule has 5 heteroatoms. The Labute approximate surface area is 95.0 Å². The van der Waals surface area contributed by atoms with Gasteiger partial charge in [0, 0.05) is 18.2 Å². The highest BCUT2D eigenvalue weighted by atomic mass is 32.2. The van der Waals surface area contributed by atoms with E-state index < -0.39 is 0 Å². The Morgan fingerprint density at radius 2 is 2.13 bits per heavy atom. The third-order valence-electron chi connectivity index (χ3n) is 1.71. The molecule has 1 atom stereocenters. The maximum atomic E-state index is 5.64. The first kappa shape index (κ1) is 12.5. The van der Waals surface area contributed by atoms with E-state index in [1.807, 2.05) is 6.92 Å². The molecule has 0 bridgehead atoms. The van der Waals surface area contributed by atoms with Crippen molar-refractivity contribution in [1.82, 2.24) is 10.1 Å². The van der Waals surface area contributed by atoms with Gasteiger partial charge in [-0.3, -0.25) is 0 Å². The van der Waals surface area contributed by atoms with Crippen molar-refractivity contribution >= 4 is 11.8 Å².